The Bertz CT molecular complexity index is 307. The zero-order valence-electron chi connectivity index (χ0n) is 11.0. The van der Waals surface area contributed by atoms with E-state index in [9.17, 15) is 9.59 Å². The highest BCUT2D eigenvalue weighted by atomic mass is 33.1. The Kier molecular flexibility index (Phi) is 6.48. The molecule has 0 aromatic heterocycles. The molecule has 0 bridgehead atoms. The fourth-order valence-electron chi connectivity index (χ4n) is 1.56. The van der Waals surface area contributed by atoms with Gasteiger partial charge in [-0.2, -0.15) is 0 Å². The molecule has 1 amide bonds. The van der Waals surface area contributed by atoms with Crippen LogP contribution in [0.1, 0.15) is 13.3 Å². The van der Waals surface area contributed by atoms with E-state index in [0.717, 1.165) is 24.5 Å². The normalized spacial score (nSPS) is 20.9. The van der Waals surface area contributed by atoms with Gasteiger partial charge in [-0.1, -0.05) is 21.6 Å². The molecule has 5 nitrogen and oxygen atoms in total. The lowest BCUT2D eigenvalue weighted by molar-refractivity contribution is -0.119. The zero-order chi connectivity index (χ0) is 13.6. The van der Waals surface area contributed by atoms with Crippen LogP contribution in [0.25, 0.3) is 0 Å². The molecule has 0 aliphatic carbocycles. The van der Waals surface area contributed by atoms with Crippen molar-refractivity contribution in [2.75, 3.05) is 32.1 Å². The third kappa shape index (κ3) is 4.46. The van der Waals surface area contributed by atoms with Gasteiger partial charge in [-0.3, -0.25) is 9.59 Å². The summed E-state index contributed by atoms with van der Waals surface area (Å²) in [5.74, 6) is 2.39. The second kappa shape index (κ2) is 7.37. The van der Waals surface area contributed by atoms with Crippen molar-refractivity contribution in [2.45, 2.75) is 24.9 Å². The van der Waals surface area contributed by atoms with Crippen LogP contribution in [0.2, 0.25) is 0 Å². The second-order valence-electron chi connectivity index (χ2n) is 4.40. The van der Waals surface area contributed by atoms with E-state index in [2.05, 4.69) is 16.0 Å². The molecule has 0 aromatic rings. The van der Waals surface area contributed by atoms with E-state index in [1.54, 1.807) is 28.5 Å². The molecule has 2 aliphatic rings. The Balaban J connectivity index is 0.000000182. The third-order valence-electron chi connectivity index (χ3n) is 2.94. The first-order chi connectivity index (χ1) is 8.55. The average Bonchev–Trinajstić information content (AvgIpc) is 2.77. The van der Waals surface area contributed by atoms with Gasteiger partial charge in [0.15, 0.2) is 0 Å². The Hall–Kier alpha value is -0.240. The summed E-state index contributed by atoms with van der Waals surface area (Å²) in [6.45, 7) is 2.49. The van der Waals surface area contributed by atoms with Crippen molar-refractivity contribution in [1.29, 1.82) is 0 Å². The number of carbonyl (C=O) groups excluding carboxylic acids is 2. The van der Waals surface area contributed by atoms with E-state index in [1.807, 2.05) is 14.1 Å². The first kappa shape index (κ1) is 15.8. The van der Waals surface area contributed by atoms with Crippen molar-refractivity contribution in [1.82, 2.24) is 16.0 Å². The first-order valence-corrected chi connectivity index (χ1v) is 8.44. The molecule has 2 fully saturated rings. The van der Waals surface area contributed by atoms with Crippen LogP contribution in [0.15, 0.2) is 0 Å². The van der Waals surface area contributed by atoms with Crippen LogP contribution in [0.5, 0.6) is 0 Å². The lowest BCUT2D eigenvalue weighted by Gasteiger charge is -2.10. The second-order valence-corrected chi connectivity index (χ2v) is 6.87. The summed E-state index contributed by atoms with van der Waals surface area (Å²) in [5, 5.41) is 8.77. The summed E-state index contributed by atoms with van der Waals surface area (Å²) in [6, 6.07) is 0.0208. The molecule has 1 atom stereocenters. The van der Waals surface area contributed by atoms with Gasteiger partial charge in [-0.05, 0) is 34.0 Å². The summed E-state index contributed by atoms with van der Waals surface area (Å²) in [5.41, 5.74) is -0.0602. The molecule has 0 aromatic carbocycles. The number of hydrogen-bond donors (Lipinski definition) is 3. The summed E-state index contributed by atoms with van der Waals surface area (Å²) in [7, 11) is 7.25. The van der Waals surface area contributed by atoms with Crippen molar-refractivity contribution >= 4 is 33.3 Å². The van der Waals surface area contributed by atoms with E-state index in [4.69, 9.17) is 0 Å². The van der Waals surface area contributed by atoms with Crippen molar-refractivity contribution in [3.63, 3.8) is 0 Å². The summed E-state index contributed by atoms with van der Waals surface area (Å²) in [4.78, 5) is 21.4. The Morgan fingerprint density at radius 1 is 1.44 bits per heavy atom. The summed E-state index contributed by atoms with van der Waals surface area (Å²) >= 11 is 0. The number of nitrogens with one attached hydrogen (secondary N) is 3. The molecule has 104 valence electrons. The molecule has 0 radical (unpaired) electrons. The fraction of sp³-hybridized carbons (Fsp3) is 0.818. The minimum atomic E-state index is -0.0602. The van der Waals surface area contributed by atoms with Gasteiger partial charge in [0.25, 0.3) is 0 Å². The van der Waals surface area contributed by atoms with Crippen LogP contribution >= 0.6 is 21.6 Å². The van der Waals surface area contributed by atoms with Gasteiger partial charge >= 0.3 is 0 Å². The van der Waals surface area contributed by atoms with Gasteiger partial charge < -0.3 is 16.0 Å². The van der Waals surface area contributed by atoms with E-state index in [0.29, 0.717) is 0 Å². The van der Waals surface area contributed by atoms with Gasteiger partial charge in [-0.15, -0.1) is 0 Å². The number of rotatable bonds is 5. The molecule has 2 heterocycles. The Morgan fingerprint density at radius 2 is 2.00 bits per heavy atom. The number of Topliss-reactive ketones (excluding diaryl/α,β-unsaturated/α-hetero) is 1. The highest BCUT2D eigenvalue weighted by Crippen LogP contribution is 2.42. The lowest BCUT2D eigenvalue weighted by Crippen LogP contribution is -2.34. The molecule has 2 rings (SSSR count). The van der Waals surface area contributed by atoms with Crippen LogP contribution < -0.4 is 16.0 Å². The number of carbonyl (C=O) groups is 2. The van der Waals surface area contributed by atoms with E-state index < -0.39 is 0 Å². The van der Waals surface area contributed by atoms with Gasteiger partial charge in [0, 0.05) is 11.5 Å². The first-order valence-electron chi connectivity index (χ1n) is 5.95. The Morgan fingerprint density at radius 3 is 2.28 bits per heavy atom. The van der Waals surface area contributed by atoms with Crippen molar-refractivity contribution in [2.24, 2.45) is 0 Å². The Labute approximate surface area is 116 Å². The van der Waals surface area contributed by atoms with Crippen LogP contribution in [-0.4, -0.2) is 55.4 Å². The molecule has 0 unspecified atom stereocenters. The molecule has 1 spiro atoms. The minimum absolute atomic E-state index is 0.0208. The molecule has 2 saturated heterocycles. The number of likely N-dealkylation sites (N-methyl/N-ethyl adjacent to an activating group) is 1. The van der Waals surface area contributed by atoms with Gasteiger partial charge in [0.05, 0.1) is 6.04 Å². The van der Waals surface area contributed by atoms with Gasteiger partial charge in [0.2, 0.25) is 5.91 Å². The van der Waals surface area contributed by atoms with Gasteiger partial charge in [-0.25, -0.2) is 0 Å². The lowest BCUT2D eigenvalue weighted by atomic mass is 10.1. The zero-order valence-corrected chi connectivity index (χ0v) is 12.7. The minimum Gasteiger partial charge on any atom is -0.338 e. The maximum Gasteiger partial charge on any atom is 0.248 e. The summed E-state index contributed by atoms with van der Waals surface area (Å²) in [6.07, 6.45) is 0.863. The number of ketones is 1. The predicted octanol–water partition coefficient (Wildman–Crippen LogP) is 0.0229. The van der Waals surface area contributed by atoms with Crippen LogP contribution in [0, 0.1) is 0 Å². The SMILES string of the molecule is CNCC[C@H](NC)C(C)=O.O=C1NC12CSSC2. The average molecular weight is 291 g/mol. The quantitative estimate of drug-likeness (QED) is 0.490. The van der Waals surface area contributed by atoms with Crippen LogP contribution in [0.3, 0.4) is 0 Å². The standard InChI is InChI=1S/C7H16N2O.C4H5NOS2/c1-6(10)7(9-3)4-5-8-2;6-3-4(5-3)1-7-8-2-4/h7-9H,4-5H2,1-3H3;1-2H2,(H,5,6)/t7-;/m0./s1. The molecule has 18 heavy (non-hydrogen) atoms. The number of amides is 1. The highest BCUT2D eigenvalue weighted by molar-refractivity contribution is 8.77. The molecule has 7 heteroatoms. The molecular formula is C11H21N3O2S2. The monoisotopic (exact) mass is 291 g/mol. The van der Waals surface area contributed by atoms with Crippen molar-refractivity contribution in [3.05, 3.63) is 0 Å². The summed E-state index contributed by atoms with van der Waals surface area (Å²) < 4.78 is 0. The predicted molar refractivity (Wildman–Crippen MR) is 77.9 cm³/mol. The van der Waals surface area contributed by atoms with Crippen molar-refractivity contribution < 1.29 is 9.59 Å². The number of hydrogen-bond acceptors (Lipinski definition) is 6. The van der Waals surface area contributed by atoms with E-state index in [-0.39, 0.29) is 23.3 Å². The topological polar surface area (TPSA) is 80.1 Å². The highest BCUT2D eigenvalue weighted by Gasteiger charge is 2.55. The molecule has 0 saturated carbocycles. The third-order valence-corrected chi connectivity index (χ3v) is 5.54. The smallest absolute Gasteiger partial charge is 0.248 e. The van der Waals surface area contributed by atoms with Crippen molar-refractivity contribution in [3.8, 4) is 0 Å². The largest absolute Gasteiger partial charge is 0.338 e. The molecule has 3 N–H and O–H groups in total. The molecule has 2 aliphatic heterocycles. The van der Waals surface area contributed by atoms with Crippen LogP contribution in [-0.2, 0) is 9.59 Å². The maximum atomic E-state index is 10.8. The molecular weight excluding hydrogens is 270 g/mol. The van der Waals surface area contributed by atoms with E-state index in [1.165, 1.54) is 0 Å². The van der Waals surface area contributed by atoms with Gasteiger partial charge in [0.1, 0.15) is 11.3 Å². The van der Waals surface area contributed by atoms with E-state index >= 15 is 0 Å². The van der Waals surface area contributed by atoms with Crippen LogP contribution in [0.4, 0.5) is 0 Å². The fourth-order valence-corrected chi connectivity index (χ4v) is 4.57. The maximum absolute atomic E-state index is 10.8.